The minimum Gasteiger partial charge on any atom is -0.310 e. The minimum atomic E-state index is -0.244. The van der Waals surface area contributed by atoms with Gasteiger partial charge in [-0.15, -0.1) is 0 Å². The van der Waals surface area contributed by atoms with Gasteiger partial charge in [-0.05, 0) is 98.8 Å². The summed E-state index contributed by atoms with van der Waals surface area (Å²) in [6, 6.07) is 39.7. The molecular weight excluding hydrogens is 538 g/mol. The Balaban J connectivity index is 1.26. The van der Waals surface area contributed by atoms with E-state index in [1.165, 1.54) is 28.1 Å². The van der Waals surface area contributed by atoms with Gasteiger partial charge in [0.1, 0.15) is 0 Å². The highest BCUT2D eigenvalue weighted by Gasteiger charge is 2.38. The first-order valence-corrected chi connectivity index (χ1v) is 15.2. The van der Waals surface area contributed by atoms with Gasteiger partial charge in [0.25, 0.3) is 0 Å². The maximum Gasteiger partial charge on any atom is 0.197 e. The maximum absolute atomic E-state index is 13.4. The Labute approximate surface area is 257 Å². The third kappa shape index (κ3) is 3.82. The molecule has 6 aromatic carbocycles. The van der Waals surface area contributed by atoms with E-state index in [4.69, 9.17) is 0 Å². The molecule has 0 spiro atoms. The molecule has 1 aliphatic heterocycles. The van der Waals surface area contributed by atoms with Crippen molar-refractivity contribution in [3.8, 4) is 0 Å². The molecule has 0 saturated heterocycles. The number of para-hydroxylation sites is 1. The van der Waals surface area contributed by atoms with Crippen LogP contribution in [-0.4, -0.2) is 11.6 Å². The van der Waals surface area contributed by atoms with Crippen LogP contribution in [0, 0.1) is 0 Å². The van der Waals surface area contributed by atoms with Crippen molar-refractivity contribution >= 4 is 56.2 Å². The standard InChI is InChI=1S/C41H31NO2/c1-4-25-13-17-30(18-14-25)42-36-12-8-7-11-35(36)41(2,3)38-31-19-15-26(21-29(31)16-20-37(38)42)22-34-39(43)32-23-27-9-5-6-10-28(27)24-33(32)40(34)44/h5-24H,4H2,1-3H3. The summed E-state index contributed by atoms with van der Waals surface area (Å²) in [4.78, 5) is 29.2. The summed E-state index contributed by atoms with van der Waals surface area (Å²) in [5.74, 6) is -0.410. The lowest BCUT2D eigenvalue weighted by atomic mass is 9.71. The van der Waals surface area contributed by atoms with Gasteiger partial charge in [0.15, 0.2) is 11.6 Å². The number of rotatable bonds is 3. The fourth-order valence-electron chi connectivity index (χ4n) is 7.20. The number of allylic oxidation sites excluding steroid dienone is 1. The lowest BCUT2D eigenvalue weighted by Crippen LogP contribution is -2.30. The Hall–Kier alpha value is -5.28. The molecule has 0 bridgehead atoms. The van der Waals surface area contributed by atoms with Gasteiger partial charge in [-0.3, -0.25) is 9.59 Å². The number of benzene rings is 6. The number of nitrogens with zero attached hydrogens (tertiary/aromatic N) is 1. The van der Waals surface area contributed by atoms with E-state index in [0.717, 1.165) is 39.2 Å². The van der Waals surface area contributed by atoms with Gasteiger partial charge in [-0.1, -0.05) is 93.6 Å². The highest BCUT2D eigenvalue weighted by atomic mass is 16.2. The zero-order valence-electron chi connectivity index (χ0n) is 25.0. The van der Waals surface area contributed by atoms with Gasteiger partial charge in [-0.25, -0.2) is 0 Å². The molecule has 3 heteroatoms. The van der Waals surface area contributed by atoms with Crippen LogP contribution in [0.1, 0.15) is 63.7 Å². The van der Waals surface area contributed by atoms with E-state index < -0.39 is 0 Å². The van der Waals surface area contributed by atoms with E-state index >= 15 is 0 Å². The fourth-order valence-corrected chi connectivity index (χ4v) is 7.20. The number of Topliss-reactive ketones (excluding diaryl/α,β-unsaturated/α-hetero) is 2. The van der Waals surface area contributed by atoms with Gasteiger partial charge in [0.2, 0.25) is 0 Å². The quantitative estimate of drug-likeness (QED) is 0.157. The first kappa shape index (κ1) is 26.4. The average Bonchev–Trinajstić information content (AvgIpc) is 3.27. The molecule has 0 amide bonds. The summed E-state index contributed by atoms with van der Waals surface area (Å²) < 4.78 is 0. The number of aryl methyl sites for hydroxylation is 1. The van der Waals surface area contributed by atoms with Crippen LogP contribution in [0.2, 0.25) is 0 Å². The van der Waals surface area contributed by atoms with Crippen LogP contribution in [0.5, 0.6) is 0 Å². The molecule has 0 radical (unpaired) electrons. The molecule has 2 aliphatic rings. The van der Waals surface area contributed by atoms with Crippen molar-refractivity contribution in [1.82, 2.24) is 0 Å². The molecule has 8 rings (SSSR count). The molecule has 212 valence electrons. The van der Waals surface area contributed by atoms with E-state index in [-0.39, 0.29) is 22.6 Å². The Morgan fingerprint density at radius 1 is 0.659 bits per heavy atom. The van der Waals surface area contributed by atoms with E-state index in [9.17, 15) is 9.59 Å². The first-order chi connectivity index (χ1) is 21.3. The fraction of sp³-hybridized carbons (Fsp3) is 0.122. The summed E-state index contributed by atoms with van der Waals surface area (Å²) in [6.07, 6.45) is 2.76. The number of hydrogen-bond acceptors (Lipinski definition) is 3. The zero-order valence-corrected chi connectivity index (χ0v) is 25.0. The summed E-state index contributed by atoms with van der Waals surface area (Å²) in [5.41, 5.74) is 9.15. The predicted octanol–water partition coefficient (Wildman–Crippen LogP) is 10.1. The molecular formula is C41H31NO2. The van der Waals surface area contributed by atoms with Gasteiger partial charge in [0, 0.05) is 22.2 Å². The number of fused-ring (bicyclic) bond motifs is 6. The van der Waals surface area contributed by atoms with Crippen LogP contribution < -0.4 is 4.90 Å². The molecule has 0 N–H and O–H groups in total. The Kier molecular flexibility index (Phi) is 5.76. The maximum atomic E-state index is 13.4. The van der Waals surface area contributed by atoms with Gasteiger partial charge in [-0.2, -0.15) is 0 Å². The molecule has 0 atom stereocenters. The topological polar surface area (TPSA) is 37.4 Å². The SMILES string of the molecule is CCc1ccc(N2c3ccccc3C(C)(C)c3c2ccc2cc(C=C4C(=O)c5cc6ccccc6cc5C4=O)ccc32)cc1. The lowest BCUT2D eigenvalue weighted by molar-refractivity contribution is 0.0990. The Morgan fingerprint density at radius 2 is 1.32 bits per heavy atom. The number of carbonyl (C=O) groups is 2. The van der Waals surface area contributed by atoms with Gasteiger partial charge < -0.3 is 4.90 Å². The first-order valence-electron chi connectivity index (χ1n) is 15.2. The normalized spacial score (nSPS) is 15.0. The van der Waals surface area contributed by atoms with Crippen molar-refractivity contribution in [2.75, 3.05) is 4.90 Å². The van der Waals surface area contributed by atoms with Gasteiger partial charge >= 0.3 is 0 Å². The number of anilines is 3. The molecule has 44 heavy (non-hydrogen) atoms. The van der Waals surface area contributed by atoms with Crippen molar-refractivity contribution in [1.29, 1.82) is 0 Å². The van der Waals surface area contributed by atoms with Crippen LogP contribution in [0.4, 0.5) is 17.1 Å². The molecule has 0 saturated carbocycles. The van der Waals surface area contributed by atoms with Crippen LogP contribution in [0.25, 0.3) is 27.6 Å². The van der Waals surface area contributed by atoms with E-state index in [1.54, 1.807) is 6.08 Å². The highest BCUT2D eigenvalue weighted by molar-refractivity contribution is 6.42. The Bertz CT molecular complexity index is 2160. The van der Waals surface area contributed by atoms with Crippen molar-refractivity contribution in [3.63, 3.8) is 0 Å². The van der Waals surface area contributed by atoms with E-state index in [1.807, 2.05) is 42.5 Å². The van der Waals surface area contributed by atoms with E-state index in [2.05, 4.69) is 98.5 Å². The van der Waals surface area contributed by atoms with E-state index in [0.29, 0.717) is 11.1 Å². The molecule has 1 heterocycles. The predicted molar refractivity (Wildman–Crippen MR) is 181 cm³/mol. The molecule has 0 aromatic heterocycles. The number of hydrogen-bond donors (Lipinski definition) is 0. The third-order valence-electron chi connectivity index (χ3n) is 9.48. The van der Waals surface area contributed by atoms with Crippen LogP contribution >= 0.6 is 0 Å². The average molecular weight is 570 g/mol. The molecule has 6 aromatic rings. The summed E-state index contributed by atoms with van der Waals surface area (Å²) in [7, 11) is 0. The minimum absolute atomic E-state index is 0.205. The second kappa shape index (κ2) is 9.62. The molecule has 1 aliphatic carbocycles. The van der Waals surface area contributed by atoms with Crippen LogP contribution in [0.15, 0.2) is 121 Å². The van der Waals surface area contributed by atoms with Crippen LogP contribution in [-0.2, 0) is 11.8 Å². The Morgan fingerprint density at radius 3 is 2.00 bits per heavy atom. The van der Waals surface area contributed by atoms with Crippen LogP contribution in [0.3, 0.4) is 0 Å². The van der Waals surface area contributed by atoms with Gasteiger partial charge in [0.05, 0.1) is 16.9 Å². The number of ketones is 2. The second-order valence-corrected chi connectivity index (χ2v) is 12.4. The van der Waals surface area contributed by atoms with Crippen molar-refractivity contribution in [2.45, 2.75) is 32.6 Å². The smallest absolute Gasteiger partial charge is 0.197 e. The second-order valence-electron chi connectivity index (χ2n) is 12.4. The largest absolute Gasteiger partial charge is 0.310 e. The monoisotopic (exact) mass is 569 g/mol. The zero-order chi connectivity index (χ0) is 30.2. The molecule has 0 unspecified atom stereocenters. The summed E-state index contributed by atoms with van der Waals surface area (Å²) >= 11 is 0. The van der Waals surface area contributed by atoms with Crippen molar-refractivity contribution in [2.24, 2.45) is 0 Å². The lowest BCUT2D eigenvalue weighted by Gasteiger charge is -2.42. The molecule has 0 fully saturated rings. The third-order valence-corrected chi connectivity index (χ3v) is 9.48. The highest BCUT2D eigenvalue weighted by Crippen LogP contribution is 2.53. The van der Waals surface area contributed by atoms with Crippen molar-refractivity contribution < 1.29 is 9.59 Å². The summed E-state index contributed by atoms with van der Waals surface area (Å²) in [6.45, 7) is 6.78. The molecule has 3 nitrogen and oxygen atoms in total. The number of carbonyl (C=O) groups excluding carboxylic acids is 2. The summed E-state index contributed by atoms with van der Waals surface area (Å²) in [5, 5.41) is 4.17. The van der Waals surface area contributed by atoms with Crippen molar-refractivity contribution in [3.05, 3.63) is 154 Å².